The summed E-state index contributed by atoms with van der Waals surface area (Å²) in [5.41, 5.74) is 4.39. The summed E-state index contributed by atoms with van der Waals surface area (Å²) in [6.45, 7) is 2.26. The van der Waals surface area contributed by atoms with Gasteiger partial charge in [0.05, 0.1) is 25.5 Å². The molecule has 130 valence electrons. The summed E-state index contributed by atoms with van der Waals surface area (Å²) in [6, 6.07) is 9.50. The normalized spacial score (nSPS) is 13.0. The predicted molar refractivity (Wildman–Crippen MR) is 95.7 cm³/mol. The number of carbonyl (C=O) groups excluding carboxylic acids is 1. The number of methoxy groups -OCH3 is 1. The van der Waals surface area contributed by atoms with Crippen molar-refractivity contribution < 1.29 is 13.9 Å². The van der Waals surface area contributed by atoms with Crippen LogP contribution in [0.5, 0.6) is 5.75 Å². The molecule has 0 N–H and O–H groups in total. The third-order valence-electron chi connectivity index (χ3n) is 4.47. The Morgan fingerprint density at radius 1 is 1.12 bits per heavy atom. The van der Waals surface area contributed by atoms with Crippen LogP contribution in [-0.4, -0.2) is 23.0 Å². The van der Waals surface area contributed by atoms with Gasteiger partial charge in [-0.1, -0.05) is 0 Å². The minimum Gasteiger partial charge on any atom is -0.494 e. The molecule has 1 aliphatic rings. The number of hydrogen-bond acceptors (Lipinski definition) is 4. The second-order valence-corrected chi connectivity index (χ2v) is 6.08. The summed E-state index contributed by atoms with van der Waals surface area (Å²) in [6.07, 6.45) is 3.27. The molecule has 2 aromatic heterocycles. The standard InChI is InChI=1S/C20H16FN3O2/c1-12-9-16(18(26-2)10-23-12)19-17-11-24(14-5-3-13(21)4-6-14)20(25)15(17)7-8-22-19/h3-10H,11H2,1-2H3. The first-order chi connectivity index (χ1) is 12.6. The molecule has 0 unspecified atom stereocenters. The van der Waals surface area contributed by atoms with E-state index < -0.39 is 0 Å². The van der Waals surface area contributed by atoms with Crippen molar-refractivity contribution in [2.45, 2.75) is 13.5 Å². The highest BCUT2D eigenvalue weighted by Crippen LogP contribution is 2.37. The molecule has 0 saturated carbocycles. The molecule has 0 atom stereocenters. The largest absolute Gasteiger partial charge is 0.494 e. The number of carbonyl (C=O) groups is 1. The maximum atomic E-state index is 13.2. The van der Waals surface area contributed by atoms with Gasteiger partial charge in [-0.05, 0) is 43.3 Å². The number of pyridine rings is 2. The molecule has 0 saturated heterocycles. The van der Waals surface area contributed by atoms with Gasteiger partial charge in [0.15, 0.2) is 0 Å². The number of hydrogen-bond donors (Lipinski definition) is 0. The van der Waals surface area contributed by atoms with E-state index in [0.717, 1.165) is 16.8 Å². The van der Waals surface area contributed by atoms with E-state index >= 15 is 0 Å². The number of halogens is 1. The molecule has 6 heteroatoms. The lowest BCUT2D eigenvalue weighted by Crippen LogP contribution is -2.22. The van der Waals surface area contributed by atoms with Crippen molar-refractivity contribution in [3.63, 3.8) is 0 Å². The number of anilines is 1. The molecule has 5 nitrogen and oxygen atoms in total. The quantitative estimate of drug-likeness (QED) is 0.722. The van der Waals surface area contributed by atoms with Crippen molar-refractivity contribution in [3.05, 3.63) is 71.4 Å². The second-order valence-electron chi connectivity index (χ2n) is 6.08. The fourth-order valence-corrected chi connectivity index (χ4v) is 3.18. The van der Waals surface area contributed by atoms with Gasteiger partial charge in [-0.25, -0.2) is 4.39 Å². The van der Waals surface area contributed by atoms with Gasteiger partial charge in [-0.3, -0.25) is 14.8 Å². The Kier molecular flexibility index (Phi) is 3.88. The Balaban J connectivity index is 1.82. The topological polar surface area (TPSA) is 55.3 Å². The Morgan fingerprint density at radius 2 is 1.88 bits per heavy atom. The monoisotopic (exact) mass is 349 g/mol. The van der Waals surface area contributed by atoms with Crippen molar-refractivity contribution in [2.24, 2.45) is 0 Å². The van der Waals surface area contributed by atoms with E-state index in [-0.39, 0.29) is 11.7 Å². The van der Waals surface area contributed by atoms with Crippen molar-refractivity contribution in [2.75, 3.05) is 12.0 Å². The predicted octanol–water partition coefficient (Wildman–Crippen LogP) is 3.76. The first-order valence-corrected chi connectivity index (χ1v) is 8.15. The minimum absolute atomic E-state index is 0.125. The van der Waals surface area contributed by atoms with E-state index in [1.54, 1.807) is 42.6 Å². The van der Waals surface area contributed by atoms with Crippen LogP contribution in [0.25, 0.3) is 11.3 Å². The molecule has 0 fully saturated rings. The van der Waals surface area contributed by atoms with Crippen LogP contribution in [0.2, 0.25) is 0 Å². The molecule has 3 heterocycles. The molecule has 0 spiro atoms. The van der Waals surface area contributed by atoms with Crippen LogP contribution in [0.4, 0.5) is 10.1 Å². The summed E-state index contributed by atoms with van der Waals surface area (Å²) in [5.74, 6) is 0.140. The molecule has 0 radical (unpaired) electrons. The molecule has 26 heavy (non-hydrogen) atoms. The zero-order chi connectivity index (χ0) is 18.3. The van der Waals surface area contributed by atoms with Gasteiger partial charge in [-0.15, -0.1) is 0 Å². The molecular weight excluding hydrogens is 333 g/mol. The molecule has 1 aliphatic heterocycles. The van der Waals surface area contributed by atoms with Gasteiger partial charge in [0.25, 0.3) is 5.91 Å². The SMILES string of the molecule is COc1cnc(C)cc1-c1nccc2c1CN(c1ccc(F)cc1)C2=O. The first kappa shape index (κ1) is 16.2. The van der Waals surface area contributed by atoms with Crippen molar-refractivity contribution in [3.8, 4) is 17.0 Å². The molecule has 4 rings (SSSR count). The lowest BCUT2D eigenvalue weighted by molar-refractivity contribution is 0.0996. The number of aromatic nitrogens is 2. The molecule has 0 aliphatic carbocycles. The van der Waals surface area contributed by atoms with Gasteiger partial charge >= 0.3 is 0 Å². The Bertz CT molecular complexity index is 1000. The highest BCUT2D eigenvalue weighted by Gasteiger charge is 2.32. The number of benzene rings is 1. The average molecular weight is 349 g/mol. The molecule has 3 aromatic rings. The summed E-state index contributed by atoms with van der Waals surface area (Å²) in [5, 5.41) is 0. The number of rotatable bonds is 3. The van der Waals surface area contributed by atoms with Gasteiger partial charge < -0.3 is 9.64 Å². The Labute approximate surface area is 150 Å². The van der Waals surface area contributed by atoms with Crippen LogP contribution >= 0.6 is 0 Å². The molecular formula is C20H16FN3O2. The van der Waals surface area contributed by atoms with Crippen LogP contribution in [0, 0.1) is 12.7 Å². The lowest BCUT2D eigenvalue weighted by atomic mass is 10.0. The zero-order valence-electron chi connectivity index (χ0n) is 14.4. The maximum absolute atomic E-state index is 13.2. The fraction of sp³-hybridized carbons (Fsp3) is 0.150. The van der Waals surface area contributed by atoms with E-state index in [0.29, 0.717) is 29.2 Å². The number of aryl methyl sites for hydroxylation is 1. The van der Waals surface area contributed by atoms with E-state index in [9.17, 15) is 9.18 Å². The fourth-order valence-electron chi connectivity index (χ4n) is 3.18. The number of fused-ring (bicyclic) bond motifs is 1. The minimum atomic E-state index is -0.336. The summed E-state index contributed by atoms with van der Waals surface area (Å²) < 4.78 is 18.6. The summed E-state index contributed by atoms with van der Waals surface area (Å²) in [4.78, 5) is 23.2. The summed E-state index contributed by atoms with van der Waals surface area (Å²) in [7, 11) is 1.58. The zero-order valence-corrected chi connectivity index (χ0v) is 14.4. The van der Waals surface area contributed by atoms with Crippen LogP contribution in [0.15, 0.2) is 48.8 Å². The van der Waals surface area contributed by atoms with Gasteiger partial charge in [-0.2, -0.15) is 0 Å². The van der Waals surface area contributed by atoms with Crippen molar-refractivity contribution >= 4 is 11.6 Å². The smallest absolute Gasteiger partial charge is 0.259 e. The average Bonchev–Trinajstić information content (AvgIpc) is 2.99. The van der Waals surface area contributed by atoms with Crippen LogP contribution in [-0.2, 0) is 6.54 Å². The molecule has 1 amide bonds. The molecule has 0 bridgehead atoms. The van der Waals surface area contributed by atoms with Gasteiger partial charge in [0.1, 0.15) is 11.6 Å². The van der Waals surface area contributed by atoms with E-state index in [2.05, 4.69) is 9.97 Å². The lowest BCUT2D eigenvalue weighted by Gasteiger charge is -2.16. The number of ether oxygens (including phenoxy) is 1. The second kappa shape index (κ2) is 6.22. The third kappa shape index (κ3) is 2.60. The van der Waals surface area contributed by atoms with E-state index in [1.807, 2.05) is 13.0 Å². The van der Waals surface area contributed by atoms with E-state index in [1.165, 1.54) is 12.1 Å². The number of nitrogens with zero attached hydrogens (tertiary/aromatic N) is 3. The Hall–Kier alpha value is -3.28. The third-order valence-corrected chi connectivity index (χ3v) is 4.47. The van der Waals surface area contributed by atoms with Gasteiger partial charge in [0.2, 0.25) is 0 Å². The van der Waals surface area contributed by atoms with Crippen LogP contribution in [0.1, 0.15) is 21.6 Å². The molecule has 1 aromatic carbocycles. The Morgan fingerprint density at radius 3 is 2.62 bits per heavy atom. The number of amides is 1. The van der Waals surface area contributed by atoms with Crippen molar-refractivity contribution in [1.29, 1.82) is 0 Å². The van der Waals surface area contributed by atoms with E-state index in [4.69, 9.17) is 4.74 Å². The highest BCUT2D eigenvalue weighted by molar-refractivity contribution is 6.11. The van der Waals surface area contributed by atoms with Crippen LogP contribution in [0.3, 0.4) is 0 Å². The maximum Gasteiger partial charge on any atom is 0.259 e. The van der Waals surface area contributed by atoms with Crippen LogP contribution < -0.4 is 9.64 Å². The first-order valence-electron chi connectivity index (χ1n) is 8.15. The summed E-state index contributed by atoms with van der Waals surface area (Å²) >= 11 is 0. The van der Waals surface area contributed by atoms with Gasteiger partial charge in [0, 0.05) is 34.3 Å². The van der Waals surface area contributed by atoms with Crippen molar-refractivity contribution in [1.82, 2.24) is 9.97 Å². The highest BCUT2D eigenvalue weighted by atomic mass is 19.1.